The summed E-state index contributed by atoms with van der Waals surface area (Å²) in [7, 11) is 0. The van der Waals surface area contributed by atoms with Crippen LogP contribution in [0.15, 0.2) is 91.0 Å². The molecule has 0 aromatic heterocycles. The predicted octanol–water partition coefficient (Wildman–Crippen LogP) is 7.57. The van der Waals surface area contributed by atoms with Crippen LogP contribution in [0.25, 0.3) is 11.1 Å². The van der Waals surface area contributed by atoms with Crippen molar-refractivity contribution in [3.63, 3.8) is 0 Å². The Balaban J connectivity index is 1.41. The fourth-order valence-corrected chi connectivity index (χ4v) is 5.76. The highest BCUT2D eigenvalue weighted by molar-refractivity contribution is 6.02. The highest BCUT2D eigenvalue weighted by atomic mass is 16.5. The zero-order valence-corrected chi connectivity index (χ0v) is 28.0. The maximum atomic E-state index is 13.6. The van der Waals surface area contributed by atoms with Crippen molar-refractivity contribution >= 4 is 29.0 Å². The van der Waals surface area contributed by atoms with Crippen molar-refractivity contribution in [2.45, 2.75) is 53.8 Å². The van der Waals surface area contributed by atoms with Gasteiger partial charge < -0.3 is 30.9 Å². The number of hydrogen-bond donors (Lipinski definition) is 3. The van der Waals surface area contributed by atoms with E-state index in [2.05, 4.69) is 72.7 Å². The van der Waals surface area contributed by atoms with Crippen molar-refractivity contribution in [2.24, 2.45) is 11.1 Å². The highest BCUT2D eigenvalue weighted by Crippen LogP contribution is 2.33. The number of ether oxygens (including phenoxy) is 1. The van der Waals surface area contributed by atoms with Crippen molar-refractivity contribution in [2.75, 3.05) is 41.8 Å². The molecular weight excluding hydrogens is 586 g/mol. The summed E-state index contributed by atoms with van der Waals surface area (Å²) in [4.78, 5) is 30.9. The topological polar surface area (TPSA) is 99.9 Å². The number of carbonyl (C=O) groups is 2. The van der Waals surface area contributed by atoms with Crippen LogP contribution in [0, 0.1) is 12.3 Å². The SMILES string of the molecule is Cc1ccc(NC(=O)Nc2cc(-c3cccc(CN(Cc4cccc(CN)c4)C(=O)CC(C)(C)C)c3)ccc2N2CCOCC2)cc1. The van der Waals surface area contributed by atoms with Crippen molar-refractivity contribution in [3.05, 3.63) is 113 Å². The average molecular weight is 634 g/mol. The monoisotopic (exact) mass is 633 g/mol. The molecule has 3 amide bonds. The molecule has 4 aromatic carbocycles. The summed E-state index contributed by atoms with van der Waals surface area (Å²) >= 11 is 0. The summed E-state index contributed by atoms with van der Waals surface area (Å²) in [5.74, 6) is 0.113. The van der Waals surface area contributed by atoms with E-state index < -0.39 is 0 Å². The van der Waals surface area contributed by atoms with Gasteiger partial charge in [-0.05, 0) is 70.5 Å². The Bertz CT molecular complexity index is 1670. The molecule has 0 atom stereocenters. The van der Waals surface area contributed by atoms with E-state index in [1.54, 1.807) is 0 Å². The zero-order valence-electron chi connectivity index (χ0n) is 28.0. The fraction of sp³-hybridized carbons (Fsp3) is 0.333. The van der Waals surface area contributed by atoms with Crippen LogP contribution in [0.1, 0.15) is 49.4 Å². The average Bonchev–Trinajstić information content (AvgIpc) is 3.05. The van der Waals surface area contributed by atoms with E-state index in [9.17, 15) is 9.59 Å². The molecule has 0 spiro atoms. The van der Waals surface area contributed by atoms with Crippen molar-refractivity contribution in [1.82, 2.24) is 4.90 Å². The van der Waals surface area contributed by atoms with Crippen LogP contribution in [0.4, 0.5) is 21.9 Å². The molecule has 1 fully saturated rings. The molecule has 246 valence electrons. The lowest BCUT2D eigenvalue weighted by molar-refractivity contribution is -0.134. The molecule has 1 aliphatic rings. The quantitative estimate of drug-likeness (QED) is 0.167. The summed E-state index contributed by atoms with van der Waals surface area (Å²) in [5.41, 5.74) is 14.4. The predicted molar refractivity (Wildman–Crippen MR) is 191 cm³/mol. The van der Waals surface area contributed by atoms with Crippen LogP contribution in [-0.4, -0.2) is 43.1 Å². The van der Waals surface area contributed by atoms with Crippen LogP contribution in [-0.2, 0) is 29.2 Å². The number of rotatable bonds is 10. The van der Waals surface area contributed by atoms with Crippen molar-refractivity contribution in [1.29, 1.82) is 0 Å². The van der Waals surface area contributed by atoms with Gasteiger partial charge in [0.2, 0.25) is 5.91 Å². The minimum Gasteiger partial charge on any atom is -0.378 e. The Kier molecular flexibility index (Phi) is 11.0. The zero-order chi connectivity index (χ0) is 33.4. The third kappa shape index (κ3) is 9.67. The first-order valence-corrected chi connectivity index (χ1v) is 16.3. The minimum atomic E-state index is -0.305. The molecule has 0 bridgehead atoms. The number of hydrogen-bond acceptors (Lipinski definition) is 5. The summed E-state index contributed by atoms with van der Waals surface area (Å²) in [6.07, 6.45) is 0.450. The lowest BCUT2D eigenvalue weighted by Crippen LogP contribution is -2.37. The van der Waals surface area contributed by atoms with Gasteiger partial charge >= 0.3 is 6.03 Å². The standard InChI is InChI=1S/C39H47N5O3/c1-28-11-14-34(15-12-28)41-38(46)42-35-23-33(13-16-36(35)43-17-19-47-20-18-43)32-10-6-9-31(22-32)27-44(37(45)24-39(2,3)4)26-30-8-5-7-29(21-30)25-40/h5-16,21-23H,17-20,24-27,40H2,1-4H3,(H2,41,42,46). The molecule has 1 heterocycles. The number of benzene rings is 4. The molecule has 0 radical (unpaired) electrons. The molecule has 8 heteroatoms. The number of amides is 3. The maximum Gasteiger partial charge on any atom is 0.323 e. The number of aryl methyl sites for hydroxylation is 1. The summed E-state index contributed by atoms with van der Waals surface area (Å²) < 4.78 is 5.59. The highest BCUT2D eigenvalue weighted by Gasteiger charge is 2.22. The van der Waals surface area contributed by atoms with Gasteiger partial charge in [-0.3, -0.25) is 4.79 Å². The number of nitrogens with zero attached hydrogens (tertiary/aromatic N) is 2. The Morgan fingerprint density at radius 3 is 2.13 bits per heavy atom. The number of nitrogens with two attached hydrogens (primary N) is 1. The molecule has 5 rings (SSSR count). The van der Waals surface area contributed by atoms with Crippen LogP contribution >= 0.6 is 0 Å². The second-order valence-electron chi connectivity index (χ2n) is 13.5. The third-order valence-electron chi connectivity index (χ3n) is 8.17. The lowest BCUT2D eigenvalue weighted by atomic mass is 9.91. The summed E-state index contributed by atoms with van der Waals surface area (Å²) in [5, 5.41) is 6.06. The van der Waals surface area contributed by atoms with Crippen molar-refractivity contribution in [3.8, 4) is 11.1 Å². The van der Waals surface area contributed by atoms with Gasteiger partial charge in [0.15, 0.2) is 0 Å². The second-order valence-corrected chi connectivity index (χ2v) is 13.5. The van der Waals surface area contributed by atoms with E-state index in [0.717, 1.165) is 63.5 Å². The summed E-state index contributed by atoms with van der Waals surface area (Å²) in [6.45, 7) is 12.5. The Morgan fingerprint density at radius 1 is 0.809 bits per heavy atom. The smallest absolute Gasteiger partial charge is 0.323 e. The normalized spacial score (nSPS) is 13.3. The van der Waals surface area contributed by atoms with Crippen LogP contribution in [0.2, 0.25) is 0 Å². The van der Waals surface area contributed by atoms with E-state index in [4.69, 9.17) is 10.5 Å². The number of carbonyl (C=O) groups excluding carboxylic acids is 2. The van der Waals surface area contributed by atoms with Crippen LogP contribution in [0.3, 0.4) is 0 Å². The molecule has 4 N–H and O–H groups in total. The molecule has 0 aliphatic carbocycles. The minimum absolute atomic E-state index is 0.113. The van der Waals surface area contributed by atoms with Gasteiger partial charge in [0, 0.05) is 44.8 Å². The molecular formula is C39H47N5O3. The van der Waals surface area contributed by atoms with Gasteiger partial charge in [-0.2, -0.15) is 0 Å². The number of morpholine rings is 1. The van der Waals surface area contributed by atoms with Gasteiger partial charge in [0.25, 0.3) is 0 Å². The Hall–Kier alpha value is -4.66. The van der Waals surface area contributed by atoms with Gasteiger partial charge in [-0.15, -0.1) is 0 Å². The van der Waals surface area contributed by atoms with Gasteiger partial charge in [-0.25, -0.2) is 4.79 Å². The van der Waals surface area contributed by atoms with Crippen LogP contribution in [0.5, 0.6) is 0 Å². The number of anilines is 3. The lowest BCUT2D eigenvalue weighted by Gasteiger charge is -2.31. The van der Waals surface area contributed by atoms with Gasteiger partial charge in [-0.1, -0.05) is 87.0 Å². The van der Waals surface area contributed by atoms with Gasteiger partial charge in [0.05, 0.1) is 24.6 Å². The number of nitrogens with one attached hydrogen (secondary N) is 2. The molecule has 47 heavy (non-hydrogen) atoms. The fourth-order valence-electron chi connectivity index (χ4n) is 5.76. The largest absolute Gasteiger partial charge is 0.378 e. The third-order valence-corrected chi connectivity index (χ3v) is 8.17. The molecule has 0 unspecified atom stereocenters. The number of urea groups is 1. The summed E-state index contributed by atoms with van der Waals surface area (Å²) in [6, 6.07) is 30.0. The van der Waals surface area contributed by atoms with Crippen LogP contribution < -0.4 is 21.3 Å². The van der Waals surface area contributed by atoms with E-state index in [0.29, 0.717) is 39.3 Å². The molecule has 1 aliphatic heterocycles. The molecule has 0 saturated carbocycles. The Morgan fingerprint density at radius 2 is 1.45 bits per heavy atom. The molecule has 4 aromatic rings. The molecule has 1 saturated heterocycles. The van der Waals surface area contributed by atoms with E-state index in [1.165, 1.54) is 0 Å². The maximum absolute atomic E-state index is 13.6. The van der Waals surface area contributed by atoms with E-state index in [1.807, 2.05) is 66.4 Å². The first-order valence-electron chi connectivity index (χ1n) is 16.3. The van der Waals surface area contributed by atoms with E-state index in [-0.39, 0.29) is 17.4 Å². The van der Waals surface area contributed by atoms with E-state index >= 15 is 0 Å². The van der Waals surface area contributed by atoms with Crippen molar-refractivity contribution < 1.29 is 14.3 Å². The Labute approximate surface area is 278 Å². The molecule has 8 nitrogen and oxygen atoms in total. The first-order chi connectivity index (χ1) is 22.6. The first kappa shape index (κ1) is 33.7. The second kappa shape index (κ2) is 15.3. The van der Waals surface area contributed by atoms with Gasteiger partial charge in [0.1, 0.15) is 0 Å².